The molecule has 220 valence electrons. The first-order valence-corrected chi connectivity index (χ1v) is 15.9. The topological polar surface area (TPSA) is 81.2 Å². The summed E-state index contributed by atoms with van der Waals surface area (Å²) in [7, 11) is 0. The Kier molecular flexibility index (Phi) is 7.98. The van der Waals surface area contributed by atoms with E-state index in [1.165, 1.54) is 0 Å². The molecule has 1 N–H and O–H groups in total. The van der Waals surface area contributed by atoms with Crippen LogP contribution in [0.25, 0.3) is 0 Å². The van der Waals surface area contributed by atoms with Crippen LogP contribution >= 0.6 is 23.4 Å². The van der Waals surface area contributed by atoms with Crippen molar-refractivity contribution in [2.45, 2.75) is 48.9 Å². The molecule has 2 fully saturated rings. The van der Waals surface area contributed by atoms with Gasteiger partial charge in [-0.2, -0.15) is 0 Å². The first-order chi connectivity index (χ1) is 20.3. The SMILES string of the molecule is CC[C@H](C)[C@H](CO)N1C(=O)[C@@H]2[C@H]3C(=O)N(Cc4ccccc4)CC=C[C@H]3S[C@@]23C=CCN(c2ccccc2Cl)C(=O)C13. The number of likely N-dealkylation sites (tertiary alicyclic amines) is 1. The maximum atomic E-state index is 14.7. The molecule has 2 saturated heterocycles. The van der Waals surface area contributed by atoms with Crippen LogP contribution in [0.4, 0.5) is 5.69 Å². The van der Waals surface area contributed by atoms with Gasteiger partial charge in [0.2, 0.25) is 11.8 Å². The zero-order valence-electron chi connectivity index (χ0n) is 23.8. The number of halogens is 1. The van der Waals surface area contributed by atoms with E-state index in [-0.39, 0.29) is 35.5 Å². The number of fused-ring (bicyclic) bond motifs is 2. The summed E-state index contributed by atoms with van der Waals surface area (Å²) in [6.45, 7) is 4.94. The molecule has 7 nitrogen and oxygen atoms in total. The smallest absolute Gasteiger partial charge is 0.251 e. The number of para-hydroxylation sites is 1. The molecule has 3 amide bonds. The molecule has 9 heteroatoms. The Bertz CT molecular complexity index is 1430. The third-order valence-electron chi connectivity index (χ3n) is 9.38. The number of hydrogen-bond donors (Lipinski definition) is 1. The van der Waals surface area contributed by atoms with E-state index >= 15 is 0 Å². The van der Waals surface area contributed by atoms with Gasteiger partial charge in [-0.3, -0.25) is 14.4 Å². The van der Waals surface area contributed by atoms with Crippen LogP contribution in [-0.4, -0.2) is 74.4 Å². The molecule has 1 spiro atoms. The van der Waals surface area contributed by atoms with Gasteiger partial charge in [0.15, 0.2) is 0 Å². The minimum atomic E-state index is -0.962. The molecule has 0 saturated carbocycles. The number of carbonyl (C=O) groups is 3. The van der Waals surface area contributed by atoms with Gasteiger partial charge in [0.1, 0.15) is 6.04 Å². The average molecular weight is 606 g/mol. The van der Waals surface area contributed by atoms with Crippen molar-refractivity contribution in [1.29, 1.82) is 0 Å². The summed E-state index contributed by atoms with van der Waals surface area (Å²) in [5.41, 5.74) is 1.60. The third-order valence-corrected chi connectivity index (χ3v) is 11.4. The van der Waals surface area contributed by atoms with Gasteiger partial charge in [0.25, 0.3) is 5.91 Å². The number of rotatable bonds is 7. The molecule has 4 heterocycles. The van der Waals surface area contributed by atoms with Crippen molar-refractivity contribution in [3.05, 3.63) is 89.5 Å². The fourth-order valence-corrected chi connectivity index (χ4v) is 9.36. The van der Waals surface area contributed by atoms with Crippen molar-refractivity contribution < 1.29 is 19.5 Å². The van der Waals surface area contributed by atoms with Crippen molar-refractivity contribution >= 4 is 46.8 Å². The summed E-state index contributed by atoms with van der Waals surface area (Å²) in [6.07, 6.45) is 8.73. The highest BCUT2D eigenvalue weighted by molar-refractivity contribution is 8.02. The Morgan fingerprint density at radius 3 is 2.45 bits per heavy atom. The van der Waals surface area contributed by atoms with E-state index in [0.717, 1.165) is 12.0 Å². The van der Waals surface area contributed by atoms with Crippen LogP contribution in [0.1, 0.15) is 25.8 Å². The highest BCUT2D eigenvalue weighted by Crippen LogP contribution is 2.61. The second kappa shape index (κ2) is 11.5. The van der Waals surface area contributed by atoms with Gasteiger partial charge in [-0.25, -0.2) is 0 Å². The number of aliphatic hydroxyl groups is 1. The van der Waals surface area contributed by atoms with Gasteiger partial charge in [-0.1, -0.05) is 98.6 Å². The van der Waals surface area contributed by atoms with Gasteiger partial charge >= 0.3 is 0 Å². The summed E-state index contributed by atoms with van der Waals surface area (Å²) in [4.78, 5) is 48.8. The molecular formula is C33H36ClN3O4S. The van der Waals surface area contributed by atoms with Crippen molar-refractivity contribution in [1.82, 2.24) is 9.80 Å². The molecule has 0 aromatic heterocycles. The quantitative estimate of drug-likeness (QED) is 0.469. The number of amides is 3. The number of hydrogen-bond acceptors (Lipinski definition) is 5. The van der Waals surface area contributed by atoms with Crippen molar-refractivity contribution in [2.24, 2.45) is 17.8 Å². The number of aliphatic hydroxyl groups excluding tert-OH is 1. The summed E-state index contributed by atoms with van der Waals surface area (Å²) < 4.78 is -0.962. The lowest BCUT2D eigenvalue weighted by Crippen LogP contribution is -2.58. The maximum absolute atomic E-state index is 14.7. The molecule has 42 heavy (non-hydrogen) atoms. The second-order valence-electron chi connectivity index (χ2n) is 11.7. The van der Waals surface area contributed by atoms with Gasteiger partial charge in [0.05, 0.1) is 39.9 Å². The molecule has 0 radical (unpaired) electrons. The van der Waals surface area contributed by atoms with Crippen molar-refractivity contribution in [3.8, 4) is 0 Å². The molecule has 2 aromatic carbocycles. The highest BCUT2D eigenvalue weighted by atomic mass is 35.5. The summed E-state index contributed by atoms with van der Waals surface area (Å²) in [6, 6.07) is 15.6. The Morgan fingerprint density at radius 1 is 1.00 bits per heavy atom. The fourth-order valence-electron chi connectivity index (χ4n) is 7.13. The molecule has 4 aliphatic rings. The van der Waals surface area contributed by atoms with Gasteiger partial charge in [-0.15, -0.1) is 11.8 Å². The fraction of sp³-hybridized carbons (Fsp3) is 0.424. The van der Waals surface area contributed by atoms with Crippen molar-refractivity contribution in [2.75, 3.05) is 24.6 Å². The Balaban J connectivity index is 1.45. The largest absolute Gasteiger partial charge is 0.394 e. The minimum Gasteiger partial charge on any atom is -0.394 e. The van der Waals surface area contributed by atoms with Crippen LogP contribution in [0.5, 0.6) is 0 Å². The number of benzene rings is 2. The summed E-state index contributed by atoms with van der Waals surface area (Å²) >= 11 is 8.12. The molecule has 2 aromatic rings. The summed E-state index contributed by atoms with van der Waals surface area (Å²) in [5.74, 6) is -1.97. The van der Waals surface area contributed by atoms with Gasteiger partial charge < -0.3 is 19.8 Å². The predicted octanol–water partition coefficient (Wildman–Crippen LogP) is 4.55. The zero-order chi connectivity index (χ0) is 29.6. The number of anilines is 1. The number of thioether (sulfide) groups is 1. The molecule has 7 atom stereocenters. The molecule has 0 aliphatic carbocycles. The van der Waals surface area contributed by atoms with E-state index in [0.29, 0.717) is 30.3 Å². The van der Waals surface area contributed by atoms with Gasteiger partial charge in [-0.05, 0) is 23.6 Å². The number of carbonyl (C=O) groups excluding carboxylic acids is 3. The molecule has 6 rings (SSSR count). The average Bonchev–Trinajstić information content (AvgIpc) is 3.32. The van der Waals surface area contributed by atoms with Crippen LogP contribution in [-0.2, 0) is 20.9 Å². The van der Waals surface area contributed by atoms with Crippen molar-refractivity contribution in [3.63, 3.8) is 0 Å². The maximum Gasteiger partial charge on any atom is 0.251 e. The first kappa shape index (κ1) is 29.0. The van der Waals surface area contributed by atoms with Crippen LogP contribution in [0.15, 0.2) is 78.9 Å². The molecular weight excluding hydrogens is 570 g/mol. The standard InChI is InChI=1S/C33H36ClN3O4S/c1-3-21(2)25(20-38)37-29-32(41)36(24-14-8-7-13-23(24)34)18-10-16-33(29)28(31(37)40)27-26(42-33)15-9-17-35(30(27)39)19-22-11-5-4-6-12-22/h4-16,21,25-29,38H,3,17-20H2,1-2H3/t21-,25-,26+,27-,28-,29?,33-/m0/s1. The monoisotopic (exact) mass is 605 g/mol. The Morgan fingerprint density at radius 2 is 1.74 bits per heavy atom. The van der Waals surface area contributed by atoms with E-state index < -0.39 is 28.7 Å². The normalized spacial score (nSPS) is 30.1. The lowest BCUT2D eigenvalue weighted by Gasteiger charge is -2.40. The third kappa shape index (κ3) is 4.59. The van der Waals surface area contributed by atoms with E-state index in [9.17, 15) is 19.5 Å². The molecule has 4 aliphatic heterocycles. The highest BCUT2D eigenvalue weighted by Gasteiger charge is 2.72. The predicted molar refractivity (Wildman–Crippen MR) is 166 cm³/mol. The van der Waals surface area contributed by atoms with E-state index in [4.69, 9.17) is 11.6 Å². The zero-order valence-corrected chi connectivity index (χ0v) is 25.4. The van der Waals surface area contributed by atoms with Crippen LogP contribution in [0.2, 0.25) is 5.02 Å². The van der Waals surface area contributed by atoms with Crippen LogP contribution < -0.4 is 4.90 Å². The Hall–Kier alpha value is -3.07. The minimum absolute atomic E-state index is 0.0521. The summed E-state index contributed by atoms with van der Waals surface area (Å²) in [5, 5.41) is 10.8. The Labute approximate surface area is 256 Å². The lowest BCUT2D eigenvalue weighted by molar-refractivity contribution is -0.145. The van der Waals surface area contributed by atoms with E-state index in [1.807, 2.05) is 91.6 Å². The molecule has 1 unspecified atom stereocenters. The first-order valence-electron chi connectivity index (χ1n) is 14.7. The van der Waals surface area contributed by atoms with Crippen LogP contribution in [0, 0.1) is 17.8 Å². The van der Waals surface area contributed by atoms with E-state index in [1.54, 1.807) is 27.6 Å². The molecule has 0 bridgehead atoms. The number of nitrogens with zero attached hydrogens (tertiary/aromatic N) is 3. The van der Waals surface area contributed by atoms with Gasteiger partial charge in [0, 0.05) is 24.9 Å². The second-order valence-corrected chi connectivity index (χ2v) is 13.6. The lowest BCUT2D eigenvalue weighted by atomic mass is 9.78. The van der Waals surface area contributed by atoms with Crippen LogP contribution in [0.3, 0.4) is 0 Å². The van der Waals surface area contributed by atoms with E-state index in [2.05, 4.69) is 0 Å².